The lowest BCUT2D eigenvalue weighted by Gasteiger charge is -2.19. The second-order valence-corrected chi connectivity index (χ2v) is 8.42. The summed E-state index contributed by atoms with van der Waals surface area (Å²) in [5, 5.41) is 2.83. The van der Waals surface area contributed by atoms with Crippen molar-refractivity contribution in [3.8, 4) is 11.5 Å². The number of nitrogens with zero attached hydrogens (tertiary/aromatic N) is 2. The fourth-order valence-electron chi connectivity index (χ4n) is 3.80. The van der Waals surface area contributed by atoms with Crippen LogP contribution in [0.1, 0.15) is 38.3 Å². The molecular weight excluding hydrogens is 423 g/mol. The molecule has 2 heterocycles. The van der Waals surface area contributed by atoms with Crippen molar-refractivity contribution in [2.45, 2.75) is 44.8 Å². The number of pyridine rings is 1. The minimum Gasteiger partial charge on any atom is -0.491 e. The normalized spacial score (nSPS) is 22.3. The van der Waals surface area contributed by atoms with Crippen molar-refractivity contribution in [1.29, 1.82) is 0 Å². The van der Waals surface area contributed by atoms with E-state index >= 15 is 0 Å². The lowest BCUT2D eigenvalue weighted by atomic mass is 10.1. The largest absolute Gasteiger partial charge is 0.491 e. The summed E-state index contributed by atoms with van der Waals surface area (Å²) in [5.41, 5.74) is 0.972. The van der Waals surface area contributed by atoms with Gasteiger partial charge in [0.05, 0.1) is 31.3 Å². The van der Waals surface area contributed by atoms with Crippen molar-refractivity contribution in [2.75, 3.05) is 24.6 Å². The molecule has 0 bridgehead atoms. The predicted octanol–water partition coefficient (Wildman–Crippen LogP) is 4.11. The average molecular weight is 449 g/mol. The lowest BCUT2D eigenvalue weighted by molar-refractivity contribution is -0.119. The highest BCUT2D eigenvalue weighted by molar-refractivity contribution is 5.73. The van der Waals surface area contributed by atoms with Crippen LogP contribution in [0.2, 0.25) is 0 Å². The molecule has 1 unspecified atom stereocenters. The van der Waals surface area contributed by atoms with Crippen LogP contribution in [-0.2, 0) is 4.79 Å². The zero-order valence-electron chi connectivity index (χ0n) is 18.0. The highest BCUT2D eigenvalue weighted by atomic mass is 19.3. The van der Waals surface area contributed by atoms with Gasteiger partial charge < -0.3 is 19.7 Å². The van der Waals surface area contributed by atoms with Crippen molar-refractivity contribution in [3.05, 3.63) is 47.9 Å². The second-order valence-electron chi connectivity index (χ2n) is 8.42. The van der Waals surface area contributed by atoms with Gasteiger partial charge in [-0.15, -0.1) is 0 Å². The maximum Gasteiger partial charge on any atom is 0.255 e. The Balaban J connectivity index is 1.30. The third kappa shape index (κ3) is 5.26. The number of carbonyl (C=O) groups excluding carboxylic acids is 1. The number of alkyl halides is 2. The van der Waals surface area contributed by atoms with Crippen LogP contribution in [0.5, 0.6) is 11.5 Å². The molecule has 1 aromatic carbocycles. The highest BCUT2D eigenvalue weighted by Gasteiger charge is 2.57. The molecule has 1 aliphatic carbocycles. The molecule has 0 radical (unpaired) electrons. The van der Waals surface area contributed by atoms with Gasteiger partial charge in [0.1, 0.15) is 17.6 Å². The van der Waals surface area contributed by atoms with Crippen molar-refractivity contribution in [1.82, 2.24) is 10.3 Å². The highest BCUT2D eigenvalue weighted by Crippen LogP contribution is 2.48. The quantitative estimate of drug-likeness (QED) is 0.657. The number of carbonyl (C=O) groups is 1. The zero-order valence-corrected chi connectivity index (χ0v) is 18.0. The number of hydrogen-bond acceptors (Lipinski definition) is 5. The smallest absolute Gasteiger partial charge is 0.255 e. The first-order valence-corrected chi connectivity index (χ1v) is 10.7. The molecular formula is C23H26F3N3O3. The minimum atomic E-state index is -2.67. The predicted molar refractivity (Wildman–Crippen MR) is 113 cm³/mol. The van der Waals surface area contributed by atoms with Crippen LogP contribution < -0.4 is 19.7 Å². The van der Waals surface area contributed by atoms with Crippen LogP contribution in [0.15, 0.2) is 36.5 Å². The standard InChI is InChI=1S/C23H26F3N3O3/c1-14(28-15(2)30)16-3-5-18(6-4-16)32-19-7-8-29(12-19)22-21(24)9-20(11-27-22)31-13-17-10-23(17,25)26/h3-6,9,11,14,17,19H,7-8,10,12-13H2,1-2H3,(H,28,30)/t14-,17?,19+/m0/s1. The Morgan fingerprint density at radius 2 is 2.03 bits per heavy atom. The molecule has 9 heteroatoms. The van der Waals surface area contributed by atoms with E-state index in [-0.39, 0.29) is 42.6 Å². The molecule has 2 fully saturated rings. The molecule has 0 spiro atoms. The Morgan fingerprint density at radius 1 is 1.31 bits per heavy atom. The van der Waals surface area contributed by atoms with Crippen molar-refractivity contribution in [2.24, 2.45) is 5.92 Å². The van der Waals surface area contributed by atoms with Crippen LogP contribution in [0.3, 0.4) is 0 Å². The summed E-state index contributed by atoms with van der Waals surface area (Å²) in [6, 6.07) is 8.60. The van der Waals surface area contributed by atoms with Crippen molar-refractivity contribution < 1.29 is 27.4 Å². The molecule has 3 atom stereocenters. The number of nitrogens with one attached hydrogen (secondary N) is 1. The van der Waals surface area contributed by atoms with Gasteiger partial charge in [-0.1, -0.05) is 12.1 Å². The summed E-state index contributed by atoms with van der Waals surface area (Å²) in [6.45, 7) is 4.30. The van der Waals surface area contributed by atoms with E-state index in [0.717, 1.165) is 5.56 Å². The van der Waals surface area contributed by atoms with Crippen LogP contribution in [0.25, 0.3) is 0 Å². The molecule has 1 saturated carbocycles. The van der Waals surface area contributed by atoms with E-state index in [0.29, 0.717) is 25.3 Å². The first-order chi connectivity index (χ1) is 15.2. The van der Waals surface area contributed by atoms with E-state index in [1.165, 1.54) is 19.2 Å². The molecule has 172 valence electrons. The average Bonchev–Trinajstić information content (AvgIpc) is 3.11. The molecule has 32 heavy (non-hydrogen) atoms. The molecule has 1 aliphatic heterocycles. The van der Waals surface area contributed by atoms with Gasteiger partial charge in [0.15, 0.2) is 11.6 Å². The third-order valence-corrected chi connectivity index (χ3v) is 5.75. The molecule has 6 nitrogen and oxygen atoms in total. The molecule has 1 amide bonds. The molecule has 2 aromatic rings. The maximum atomic E-state index is 14.6. The summed E-state index contributed by atoms with van der Waals surface area (Å²) < 4.78 is 51.7. The Labute approximate surface area is 184 Å². The Kier molecular flexibility index (Phi) is 6.17. The molecule has 1 N–H and O–H groups in total. The number of ether oxygens (including phenoxy) is 2. The SMILES string of the molecule is CC(=O)N[C@@H](C)c1ccc(O[C@@H]2CCN(c3ncc(OCC4CC4(F)F)cc3F)C2)cc1. The van der Waals surface area contributed by atoms with Crippen LogP contribution in [0, 0.1) is 11.7 Å². The van der Waals surface area contributed by atoms with E-state index in [4.69, 9.17) is 9.47 Å². The molecule has 2 aliphatic rings. The number of hydrogen-bond donors (Lipinski definition) is 1. The maximum absolute atomic E-state index is 14.6. The fraction of sp³-hybridized carbons (Fsp3) is 0.478. The molecule has 4 rings (SSSR count). The summed E-state index contributed by atoms with van der Waals surface area (Å²) >= 11 is 0. The van der Waals surface area contributed by atoms with Crippen LogP contribution in [0.4, 0.5) is 19.0 Å². The van der Waals surface area contributed by atoms with E-state index in [9.17, 15) is 18.0 Å². The number of benzene rings is 1. The summed E-state index contributed by atoms with van der Waals surface area (Å²) in [4.78, 5) is 17.1. The first kappa shape index (κ1) is 22.2. The van der Waals surface area contributed by atoms with Crippen molar-refractivity contribution in [3.63, 3.8) is 0 Å². The topological polar surface area (TPSA) is 63.7 Å². The van der Waals surface area contributed by atoms with E-state index < -0.39 is 17.7 Å². The Morgan fingerprint density at radius 3 is 2.66 bits per heavy atom. The van der Waals surface area contributed by atoms with E-state index in [2.05, 4.69) is 10.3 Å². The number of rotatable bonds is 8. The number of halogens is 3. The number of amides is 1. The Bertz CT molecular complexity index is 971. The van der Waals surface area contributed by atoms with Crippen LogP contribution >= 0.6 is 0 Å². The Hall–Kier alpha value is -2.97. The van der Waals surface area contributed by atoms with E-state index in [1.54, 1.807) is 4.90 Å². The van der Waals surface area contributed by atoms with Gasteiger partial charge in [-0.25, -0.2) is 18.2 Å². The van der Waals surface area contributed by atoms with Gasteiger partial charge in [-0.3, -0.25) is 4.79 Å². The summed E-state index contributed by atoms with van der Waals surface area (Å²) in [7, 11) is 0. The summed E-state index contributed by atoms with van der Waals surface area (Å²) in [6.07, 6.45) is 1.76. The number of aromatic nitrogens is 1. The van der Waals surface area contributed by atoms with Gasteiger partial charge >= 0.3 is 0 Å². The van der Waals surface area contributed by atoms with Crippen molar-refractivity contribution >= 4 is 11.7 Å². The van der Waals surface area contributed by atoms with Gasteiger partial charge in [-0.2, -0.15) is 0 Å². The summed E-state index contributed by atoms with van der Waals surface area (Å²) in [5.74, 6) is -3.07. The van der Waals surface area contributed by atoms with Gasteiger partial charge in [0.2, 0.25) is 5.91 Å². The minimum absolute atomic E-state index is 0.0891. The van der Waals surface area contributed by atoms with E-state index in [1.807, 2.05) is 31.2 Å². The molecule has 1 saturated heterocycles. The van der Waals surface area contributed by atoms with Gasteiger partial charge in [0, 0.05) is 32.4 Å². The fourth-order valence-corrected chi connectivity index (χ4v) is 3.80. The zero-order chi connectivity index (χ0) is 22.9. The van der Waals surface area contributed by atoms with Crippen LogP contribution in [-0.4, -0.2) is 42.6 Å². The third-order valence-electron chi connectivity index (χ3n) is 5.75. The monoisotopic (exact) mass is 449 g/mol. The lowest BCUT2D eigenvalue weighted by Crippen LogP contribution is -2.26. The first-order valence-electron chi connectivity index (χ1n) is 10.7. The molecule has 1 aromatic heterocycles. The number of anilines is 1. The van der Waals surface area contributed by atoms with Gasteiger partial charge in [0.25, 0.3) is 5.92 Å². The van der Waals surface area contributed by atoms with Gasteiger partial charge in [-0.05, 0) is 24.6 Å². The second kappa shape index (κ2) is 8.88.